The van der Waals surface area contributed by atoms with Crippen LogP contribution in [0.3, 0.4) is 0 Å². The van der Waals surface area contributed by atoms with Crippen LogP contribution >= 0.6 is 11.6 Å². The van der Waals surface area contributed by atoms with Crippen LogP contribution < -0.4 is 16.5 Å². The Morgan fingerprint density at radius 1 is 0.613 bits per heavy atom. The number of aromatic nitrogens is 4. The van der Waals surface area contributed by atoms with E-state index >= 15 is 0 Å². The molecule has 0 bridgehead atoms. The van der Waals surface area contributed by atoms with Gasteiger partial charge in [-0.15, -0.1) is 0 Å². The molecule has 2 saturated carbocycles. The fraction of sp³-hybridized carbons (Fsp3) is 0.190. The van der Waals surface area contributed by atoms with E-state index in [4.69, 9.17) is 37.9 Å². The Morgan fingerprint density at radius 3 is 1.40 bits per heavy atom. The SMILES string of the molecule is CC(=O)c1ccnc(-c2ccc(F)cc2)c1.CC(NC1CCC1)c1ccnc(-c2ccc(F)cc2)c1.N#Cc1ccnc(-c2ccc(F)cc2)c1.N#Cc1ccnc(Cl)c1.NC1CCC1.OB(O)c1ccc(F)cc1. The van der Waals surface area contributed by atoms with Crippen LogP contribution in [0.25, 0.3) is 33.8 Å². The molecule has 0 amide bonds. The third-order valence-corrected chi connectivity index (χ3v) is 11.7. The molecule has 8 aromatic rings. The van der Waals surface area contributed by atoms with Gasteiger partial charge in [0.1, 0.15) is 28.4 Å². The van der Waals surface area contributed by atoms with E-state index in [-0.39, 0.29) is 29.1 Å². The lowest BCUT2D eigenvalue weighted by Gasteiger charge is -2.30. The van der Waals surface area contributed by atoms with Crippen molar-refractivity contribution in [2.24, 2.45) is 5.73 Å². The highest BCUT2D eigenvalue weighted by molar-refractivity contribution is 6.58. The van der Waals surface area contributed by atoms with Crippen molar-refractivity contribution in [3.63, 3.8) is 0 Å². The van der Waals surface area contributed by atoms with E-state index in [0.29, 0.717) is 56.8 Å². The minimum absolute atomic E-state index is 0.00855. The van der Waals surface area contributed by atoms with Gasteiger partial charge in [0.05, 0.1) is 40.3 Å². The molecule has 1 unspecified atom stereocenters. The number of halogens is 5. The summed E-state index contributed by atoms with van der Waals surface area (Å²) >= 11 is 5.46. The highest BCUT2D eigenvalue weighted by Crippen LogP contribution is 2.26. The summed E-state index contributed by atoms with van der Waals surface area (Å²) < 4.78 is 50.6. The fourth-order valence-electron chi connectivity index (χ4n) is 6.77. The number of ketones is 1. The number of carbonyl (C=O) groups excluding carboxylic acids is 1. The summed E-state index contributed by atoms with van der Waals surface area (Å²) in [7, 11) is -1.51. The molecule has 4 aromatic carbocycles. The van der Waals surface area contributed by atoms with E-state index in [2.05, 4.69) is 38.2 Å². The maximum Gasteiger partial charge on any atom is 0.488 e. The third-order valence-electron chi connectivity index (χ3n) is 11.5. The molecule has 4 aromatic heterocycles. The zero-order valence-corrected chi connectivity index (χ0v) is 41.9. The Kier molecular flexibility index (Phi) is 23.4. The summed E-state index contributed by atoms with van der Waals surface area (Å²) in [5.41, 5.74) is 13.4. The summed E-state index contributed by atoms with van der Waals surface area (Å²) in [6.07, 6.45) is 14.3. The summed E-state index contributed by atoms with van der Waals surface area (Å²) in [6.45, 7) is 3.69. The number of nitrogens with one attached hydrogen (secondary N) is 1. The first-order valence-corrected chi connectivity index (χ1v) is 24.2. The van der Waals surface area contributed by atoms with Crippen molar-refractivity contribution in [2.45, 2.75) is 70.5 Å². The van der Waals surface area contributed by atoms with Crippen LogP contribution in [0, 0.1) is 45.9 Å². The second-order valence-electron chi connectivity index (χ2n) is 17.1. The van der Waals surface area contributed by atoms with Crippen LogP contribution in [0.15, 0.2) is 170 Å². The molecular weight excluding hydrogens is 979 g/mol. The standard InChI is InChI=1S/C17H19FN2.C13H10FNO.C12H7FN2.C6H6BFO2.C6H3ClN2.C4H9N/c1-12(20-16-3-2-4-16)14-9-10-19-17(11-14)13-5-7-15(18)8-6-13;1-9(16)11-6-7-15-13(8-11)10-2-4-12(14)5-3-10;13-11-3-1-10(2-4-11)12-7-9(8-14)5-6-15-12;8-6-3-1-5(2-4-6)7(9)10;7-6-3-5(4-8)1-2-9-6;5-4-2-1-3-4/h5-12,16,20H,2-4H2,1H3;2-8H,1H3;1-7H;1-4,9-10H;1-3H;4H,1-3,5H2. The molecule has 0 aliphatic heterocycles. The second-order valence-corrected chi connectivity index (χ2v) is 17.5. The largest absolute Gasteiger partial charge is 0.488 e. The van der Waals surface area contributed by atoms with Crippen molar-refractivity contribution < 1.29 is 32.4 Å². The number of benzene rings is 4. The fourth-order valence-corrected chi connectivity index (χ4v) is 6.95. The van der Waals surface area contributed by atoms with Crippen molar-refractivity contribution in [2.75, 3.05) is 0 Å². The second kappa shape index (κ2) is 30.3. The van der Waals surface area contributed by atoms with Crippen molar-refractivity contribution in [1.82, 2.24) is 25.3 Å². The number of hydrogen-bond acceptors (Lipinski definition) is 11. The van der Waals surface area contributed by atoms with Gasteiger partial charge in [0.2, 0.25) is 0 Å². The van der Waals surface area contributed by atoms with Crippen LogP contribution in [0.4, 0.5) is 17.6 Å². The Labute approximate surface area is 439 Å². The number of hydrogen-bond donors (Lipinski definition) is 4. The summed E-state index contributed by atoms with van der Waals surface area (Å²) in [5.74, 6) is -1.18. The Hall–Kier alpha value is -7.96. The number of carbonyl (C=O) groups is 1. The molecule has 0 saturated heterocycles. The lowest BCUT2D eigenvalue weighted by atomic mass is 9.80. The Morgan fingerprint density at radius 2 is 1.01 bits per heavy atom. The lowest BCUT2D eigenvalue weighted by molar-refractivity contribution is 0.101. The maximum absolute atomic E-state index is 13.0. The molecular formula is C58H54BClF4N8O3. The quantitative estimate of drug-likeness (QED) is 0.0489. The van der Waals surface area contributed by atoms with E-state index in [0.717, 1.165) is 22.4 Å². The predicted molar refractivity (Wildman–Crippen MR) is 285 cm³/mol. The number of nitrogens with zero attached hydrogens (tertiary/aromatic N) is 6. The lowest BCUT2D eigenvalue weighted by Crippen LogP contribution is -2.36. The smallest absolute Gasteiger partial charge is 0.423 e. The molecule has 5 N–H and O–H groups in total. The average molecular weight is 1030 g/mol. The molecule has 1 atom stereocenters. The first-order chi connectivity index (χ1) is 36.1. The monoisotopic (exact) mass is 1030 g/mol. The Bertz CT molecular complexity index is 3120. The topological polar surface area (TPSA) is 195 Å². The molecule has 0 spiro atoms. The number of nitriles is 2. The van der Waals surface area contributed by atoms with Crippen LogP contribution in [0.1, 0.15) is 85.5 Å². The normalized spacial score (nSPS) is 12.5. The molecule has 0 radical (unpaired) electrons. The van der Waals surface area contributed by atoms with Crippen LogP contribution in [0.5, 0.6) is 0 Å². The van der Waals surface area contributed by atoms with E-state index in [1.165, 1.54) is 124 Å². The number of Topliss-reactive ketones (excluding diaryl/α,β-unsaturated/α-hetero) is 1. The number of nitrogens with two attached hydrogens (primary N) is 1. The van der Waals surface area contributed by atoms with Crippen molar-refractivity contribution in [1.29, 1.82) is 10.5 Å². The van der Waals surface area contributed by atoms with Gasteiger partial charge in [-0.25, -0.2) is 22.5 Å². The van der Waals surface area contributed by atoms with E-state index in [9.17, 15) is 22.4 Å². The predicted octanol–water partition coefficient (Wildman–Crippen LogP) is 11.6. The third kappa shape index (κ3) is 20.1. The first kappa shape index (κ1) is 57.9. The average Bonchev–Trinajstić information content (AvgIpc) is 3.41. The zero-order chi connectivity index (χ0) is 54.1. The molecule has 382 valence electrons. The molecule has 11 nitrogen and oxygen atoms in total. The van der Waals surface area contributed by atoms with Gasteiger partial charge in [0, 0.05) is 65.2 Å². The van der Waals surface area contributed by atoms with Crippen molar-refractivity contribution in [3.8, 4) is 45.9 Å². The van der Waals surface area contributed by atoms with Crippen LogP contribution in [0.2, 0.25) is 5.15 Å². The van der Waals surface area contributed by atoms with Crippen molar-refractivity contribution in [3.05, 3.63) is 221 Å². The highest BCUT2D eigenvalue weighted by Gasteiger charge is 2.20. The number of pyridine rings is 4. The van der Waals surface area contributed by atoms with Gasteiger partial charge < -0.3 is 21.1 Å². The van der Waals surface area contributed by atoms with Gasteiger partial charge in [0.15, 0.2) is 5.78 Å². The zero-order valence-electron chi connectivity index (χ0n) is 41.2. The van der Waals surface area contributed by atoms with Crippen LogP contribution in [-0.2, 0) is 0 Å². The highest BCUT2D eigenvalue weighted by atomic mass is 35.5. The van der Waals surface area contributed by atoms with Crippen molar-refractivity contribution >= 4 is 30.0 Å². The maximum atomic E-state index is 13.0. The minimum Gasteiger partial charge on any atom is -0.423 e. The molecule has 17 heteroatoms. The van der Waals surface area contributed by atoms with Crippen LogP contribution in [-0.4, -0.2) is 55.0 Å². The van der Waals surface area contributed by atoms with Gasteiger partial charge in [-0.05, 0) is 184 Å². The molecule has 2 aliphatic carbocycles. The molecule has 4 heterocycles. The number of rotatable bonds is 8. The van der Waals surface area contributed by atoms with E-state index in [1.54, 1.807) is 79.1 Å². The first-order valence-electron chi connectivity index (χ1n) is 23.8. The summed E-state index contributed by atoms with van der Waals surface area (Å²) in [4.78, 5) is 27.5. The molecule has 2 fully saturated rings. The summed E-state index contributed by atoms with van der Waals surface area (Å²) in [5, 5.41) is 38.1. The van der Waals surface area contributed by atoms with Gasteiger partial charge >= 0.3 is 7.12 Å². The molecule has 10 rings (SSSR count). The summed E-state index contributed by atoms with van der Waals surface area (Å²) in [6, 6.07) is 43.0. The van der Waals surface area contributed by atoms with E-state index < -0.39 is 7.12 Å². The minimum atomic E-state index is -1.51. The van der Waals surface area contributed by atoms with Gasteiger partial charge in [-0.3, -0.25) is 19.7 Å². The van der Waals surface area contributed by atoms with E-state index in [1.807, 2.05) is 24.4 Å². The molecule has 2 aliphatic rings. The Balaban J connectivity index is 0.000000173. The van der Waals surface area contributed by atoms with Gasteiger partial charge in [-0.1, -0.05) is 36.6 Å². The van der Waals surface area contributed by atoms with Gasteiger partial charge in [0.25, 0.3) is 0 Å². The molecule has 75 heavy (non-hydrogen) atoms. The van der Waals surface area contributed by atoms with Gasteiger partial charge in [-0.2, -0.15) is 10.5 Å².